The Labute approximate surface area is 104 Å². The predicted octanol–water partition coefficient (Wildman–Crippen LogP) is 2.11. The first-order valence-electron chi connectivity index (χ1n) is 5.46. The van der Waals surface area contributed by atoms with E-state index in [9.17, 15) is 0 Å². The Morgan fingerprint density at radius 2 is 2.18 bits per heavy atom. The van der Waals surface area contributed by atoms with E-state index < -0.39 is 0 Å². The molecule has 2 aromatic rings. The number of hydrogen-bond acceptors (Lipinski definition) is 6. The molecule has 0 saturated heterocycles. The van der Waals surface area contributed by atoms with Crippen LogP contribution in [0, 0.1) is 0 Å². The van der Waals surface area contributed by atoms with Gasteiger partial charge < -0.3 is 9.84 Å². The lowest BCUT2D eigenvalue weighted by Crippen LogP contribution is -2.15. The van der Waals surface area contributed by atoms with E-state index in [0.717, 1.165) is 17.2 Å². The Kier molecular flexibility index (Phi) is 3.54. The van der Waals surface area contributed by atoms with Crippen molar-refractivity contribution in [2.24, 2.45) is 0 Å². The molecule has 2 aromatic heterocycles. The highest BCUT2D eigenvalue weighted by Crippen LogP contribution is 2.25. The first-order valence-corrected chi connectivity index (χ1v) is 6.34. The first kappa shape index (κ1) is 12.2. The molecule has 2 rings (SSSR count). The van der Waals surface area contributed by atoms with Gasteiger partial charge in [0.05, 0.1) is 17.2 Å². The van der Waals surface area contributed by atoms with Gasteiger partial charge >= 0.3 is 0 Å². The van der Waals surface area contributed by atoms with Gasteiger partial charge in [-0.3, -0.25) is 0 Å². The minimum atomic E-state index is 0.122. The van der Waals surface area contributed by atoms with E-state index in [1.165, 1.54) is 6.39 Å². The molecule has 1 N–H and O–H groups in total. The molecule has 0 amide bonds. The van der Waals surface area contributed by atoms with Gasteiger partial charge in [0.15, 0.2) is 5.82 Å². The number of nitrogens with zero attached hydrogens (tertiary/aromatic N) is 3. The van der Waals surface area contributed by atoms with Crippen LogP contribution in [-0.4, -0.2) is 15.1 Å². The number of hydrogen-bond donors (Lipinski definition) is 1. The molecular weight excluding hydrogens is 236 g/mol. The van der Waals surface area contributed by atoms with Crippen LogP contribution in [0.5, 0.6) is 0 Å². The lowest BCUT2D eigenvalue weighted by molar-refractivity contribution is 0.407. The number of thiazole rings is 1. The summed E-state index contributed by atoms with van der Waals surface area (Å²) in [6.45, 7) is 7.83. The normalized spacial score (nSPS) is 11.9. The van der Waals surface area contributed by atoms with Crippen molar-refractivity contribution in [1.82, 2.24) is 20.4 Å². The highest BCUT2D eigenvalue weighted by molar-refractivity contribution is 7.09. The summed E-state index contributed by atoms with van der Waals surface area (Å²) < 4.78 is 4.65. The summed E-state index contributed by atoms with van der Waals surface area (Å²) in [7, 11) is 0. The van der Waals surface area contributed by atoms with Crippen LogP contribution in [0.3, 0.4) is 0 Å². The Morgan fingerprint density at radius 1 is 1.35 bits per heavy atom. The van der Waals surface area contributed by atoms with E-state index >= 15 is 0 Å². The molecule has 6 heteroatoms. The first-order chi connectivity index (χ1) is 8.05. The van der Waals surface area contributed by atoms with Crippen molar-refractivity contribution < 1.29 is 4.52 Å². The molecule has 0 bridgehead atoms. The number of nitrogens with one attached hydrogen (secondary N) is 1. The second-order valence-electron chi connectivity index (χ2n) is 4.84. The molecule has 0 saturated carbocycles. The quantitative estimate of drug-likeness (QED) is 0.903. The molecule has 5 nitrogen and oxygen atoms in total. The highest BCUT2D eigenvalue weighted by Gasteiger charge is 2.17. The van der Waals surface area contributed by atoms with Crippen LogP contribution in [-0.2, 0) is 18.5 Å². The van der Waals surface area contributed by atoms with E-state index in [-0.39, 0.29) is 5.41 Å². The third kappa shape index (κ3) is 3.34. The molecule has 0 aliphatic rings. The average Bonchev–Trinajstić information content (AvgIpc) is 2.86. The molecule has 0 aliphatic carbocycles. The number of rotatable bonds is 4. The Morgan fingerprint density at radius 3 is 2.76 bits per heavy atom. The van der Waals surface area contributed by atoms with Crippen molar-refractivity contribution in [3.05, 3.63) is 28.3 Å². The highest BCUT2D eigenvalue weighted by atomic mass is 32.1. The molecule has 17 heavy (non-hydrogen) atoms. The third-order valence-electron chi connectivity index (χ3n) is 2.19. The summed E-state index contributed by atoms with van der Waals surface area (Å²) in [4.78, 5) is 8.53. The Hall–Kier alpha value is -1.27. The summed E-state index contributed by atoms with van der Waals surface area (Å²) in [5, 5.41) is 10.2. The summed E-state index contributed by atoms with van der Waals surface area (Å²) in [5.41, 5.74) is 1.18. The van der Waals surface area contributed by atoms with E-state index in [4.69, 9.17) is 0 Å². The Balaban J connectivity index is 1.85. The smallest absolute Gasteiger partial charge is 0.213 e. The Bertz CT molecular complexity index is 458. The fourth-order valence-corrected chi connectivity index (χ4v) is 2.21. The van der Waals surface area contributed by atoms with Gasteiger partial charge in [-0.15, -0.1) is 11.3 Å². The topological polar surface area (TPSA) is 63.8 Å². The van der Waals surface area contributed by atoms with Crippen molar-refractivity contribution >= 4 is 11.3 Å². The molecule has 0 atom stereocenters. The van der Waals surface area contributed by atoms with Gasteiger partial charge in [-0.1, -0.05) is 25.9 Å². The van der Waals surface area contributed by atoms with Crippen molar-refractivity contribution in [2.45, 2.75) is 39.3 Å². The largest absolute Gasteiger partial charge is 0.343 e. The van der Waals surface area contributed by atoms with Crippen LogP contribution in [0.1, 0.15) is 37.3 Å². The standard InChI is InChI=1S/C11H16N4OS/c1-11(2,3)10-14-8(6-17-10)4-12-5-9-13-7-16-15-9/h6-7,12H,4-5H2,1-3H3. The van der Waals surface area contributed by atoms with E-state index in [0.29, 0.717) is 12.4 Å². The van der Waals surface area contributed by atoms with Crippen LogP contribution in [0.25, 0.3) is 0 Å². The van der Waals surface area contributed by atoms with Crippen LogP contribution in [0.2, 0.25) is 0 Å². The molecule has 0 radical (unpaired) electrons. The van der Waals surface area contributed by atoms with Gasteiger partial charge in [0.1, 0.15) is 0 Å². The zero-order chi connectivity index (χ0) is 12.3. The van der Waals surface area contributed by atoms with Gasteiger partial charge in [-0.05, 0) is 0 Å². The fourth-order valence-electron chi connectivity index (χ4n) is 1.31. The second kappa shape index (κ2) is 4.93. The van der Waals surface area contributed by atoms with Crippen molar-refractivity contribution in [3.8, 4) is 0 Å². The lowest BCUT2D eigenvalue weighted by Gasteiger charge is -2.13. The molecule has 2 heterocycles. The average molecular weight is 252 g/mol. The molecule has 0 unspecified atom stereocenters. The van der Waals surface area contributed by atoms with Crippen LogP contribution < -0.4 is 5.32 Å². The molecule has 0 spiro atoms. The van der Waals surface area contributed by atoms with E-state index in [1.54, 1.807) is 11.3 Å². The molecular formula is C11H16N4OS. The van der Waals surface area contributed by atoms with Gasteiger partial charge in [0.2, 0.25) is 6.39 Å². The van der Waals surface area contributed by atoms with Gasteiger partial charge in [-0.2, -0.15) is 4.98 Å². The molecule has 0 fully saturated rings. The van der Waals surface area contributed by atoms with Crippen LogP contribution >= 0.6 is 11.3 Å². The van der Waals surface area contributed by atoms with Gasteiger partial charge in [0.25, 0.3) is 0 Å². The summed E-state index contributed by atoms with van der Waals surface area (Å²) in [6.07, 6.45) is 1.33. The van der Waals surface area contributed by atoms with E-state index in [1.807, 2.05) is 0 Å². The maximum atomic E-state index is 4.65. The fraction of sp³-hybridized carbons (Fsp3) is 0.545. The zero-order valence-electron chi connectivity index (χ0n) is 10.2. The maximum absolute atomic E-state index is 4.65. The predicted molar refractivity (Wildman–Crippen MR) is 65.7 cm³/mol. The summed E-state index contributed by atoms with van der Waals surface area (Å²) >= 11 is 1.70. The van der Waals surface area contributed by atoms with E-state index in [2.05, 4.69) is 51.1 Å². The van der Waals surface area contributed by atoms with Gasteiger partial charge in [0, 0.05) is 17.3 Å². The monoisotopic (exact) mass is 252 g/mol. The zero-order valence-corrected chi connectivity index (χ0v) is 11.0. The third-order valence-corrected chi connectivity index (χ3v) is 3.51. The van der Waals surface area contributed by atoms with Crippen molar-refractivity contribution in [2.75, 3.05) is 0 Å². The van der Waals surface area contributed by atoms with Crippen LogP contribution in [0.4, 0.5) is 0 Å². The second-order valence-corrected chi connectivity index (χ2v) is 5.70. The minimum Gasteiger partial charge on any atom is -0.343 e. The number of aromatic nitrogens is 3. The van der Waals surface area contributed by atoms with Crippen molar-refractivity contribution in [3.63, 3.8) is 0 Å². The molecule has 92 valence electrons. The molecule has 0 aromatic carbocycles. The van der Waals surface area contributed by atoms with Gasteiger partial charge in [-0.25, -0.2) is 4.98 Å². The lowest BCUT2D eigenvalue weighted by atomic mass is 9.98. The van der Waals surface area contributed by atoms with Crippen molar-refractivity contribution in [1.29, 1.82) is 0 Å². The van der Waals surface area contributed by atoms with Crippen LogP contribution in [0.15, 0.2) is 16.3 Å². The molecule has 0 aliphatic heterocycles. The summed E-state index contributed by atoms with van der Waals surface area (Å²) in [5.74, 6) is 0.663. The minimum absolute atomic E-state index is 0.122. The summed E-state index contributed by atoms with van der Waals surface area (Å²) in [6, 6.07) is 0. The maximum Gasteiger partial charge on any atom is 0.213 e. The SMILES string of the molecule is CC(C)(C)c1nc(CNCc2ncon2)cs1.